The molecule has 0 aliphatic carbocycles. The number of amides is 1. The second kappa shape index (κ2) is 10.6. The number of anilines is 1. The predicted octanol–water partition coefficient (Wildman–Crippen LogP) is 2.28. The highest BCUT2D eigenvalue weighted by atomic mass is 35.5. The molecule has 0 aromatic heterocycles. The molecule has 0 aliphatic rings. The normalized spacial score (nSPS) is 11.6. The molecule has 0 heterocycles. The Bertz CT molecular complexity index is 737. The van der Waals surface area contributed by atoms with E-state index in [1.807, 2.05) is 31.3 Å². The summed E-state index contributed by atoms with van der Waals surface area (Å²) in [6.45, 7) is 1.75. The molecule has 0 saturated heterocycles. The lowest BCUT2D eigenvalue weighted by atomic mass is 10.3. The Kier molecular flexibility index (Phi) is 8.23. The highest BCUT2D eigenvalue weighted by Crippen LogP contribution is 2.27. The fourth-order valence-corrected chi connectivity index (χ4v) is 2.74. The van der Waals surface area contributed by atoms with Crippen LogP contribution in [0.3, 0.4) is 0 Å². The Morgan fingerprint density at radius 1 is 1.07 bits per heavy atom. The average molecular weight is 394 g/mol. The number of quaternary nitrogens is 1. The van der Waals surface area contributed by atoms with Gasteiger partial charge in [0.05, 0.1) is 40.1 Å². The van der Waals surface area contributed by atoms with Crippen molar-refractivity contribution in [1.82, 2.24) is 0 Å². The van der Waals surface area contributed by atoms with Gasteiger partial charge in [-0.05, 0) is 42.5 Å². The maximum atomic E-state index is 12.2. The van der Waals surface area contributed by atoms with E-state index < -0.39 is 0 Å². The predicted molar refractivity (Wildman–Crippen MR) is 106 cm³/mol. The van der Waals surface area contributed by atoms with E-state index in [2.05, 4.69) is 5.32 Å². The average Bonchev–Trinajstić information content (AvgIpc) is 2.66. The van der Waals surface area contributed by atoms with Gasteiger partial charge in [-0.15, -0.1) is 0 Å². The van der Waals surface area contributed by atoms with Gasteiger partial charge in [0.2, 0.25) is 0 Å². The Balaban J connectivity index is 1.71. The van der Waals surface area contributed by atoms with Crippen molar-refractivity contribution in [2.24, 2.45) is 0 Å². The van der Waals surface area contributed by atoms with E-state index in [0.717, 1.165) is 29.4 Å². The van der Waals surface area contributed by atoms with Crippen molar-refractivity contribution in [1.29, 1.82) is 0 Å². The number of ether oxygens (including phenoxy) is 3. The molecule has 0 spiro atoms. The minimum absolute atomic E-state index is 0.0934. The number of benzene rings is 2. The topological polar surface area (TPSA) is 61.2 Å². The second-order valence-corrected chi connectivity index (χ2v) is 6.59. The molecule has 2 aromatic rings. The van der Waals surface area contributed by atoms with Gasteiger partial charge in [-0.1, -0.05) is 11.6 Å². The Morgan fingerprint density at radius 2 is 1.78 bits per heavy atom. The number of nitrogens with one attached hydrogen (secondary N) is 2. The molecule has 7 heteroatoms. The van der Waals surface area contributed by atoms with Crippen LogP contribution in [-0.4, -0.2) is 46.9 Å². The van der Waals surface area contributed by atoms with Gasteiger partial charge in [0, 0.05) is 11.4 Å². The van der Waals surface area contributed by atoms with Gasteiger partial charge in [0.25, 0.3) is 5.91 Å². The van der Waals surface area contributed by atoms with Gasteiger partial charge in [-0.3, -0.25) is 4.79 Å². The Hall–Kier alpha value is -2.44. The van der Waals surface area contributed by atoms with Crippen LogP contribution in [0.2, 0.25) is 5.02 Å². The summed E-state index contributed by atoms with van der Waals surface area (Å²) >= 11 is 5.98. The molecular formula is C20H26ClN2O4+. The van der Waals surface area contributed by atoms with Crippen molar-refractivity contribution < 1.29 is 23.9 Å². The third-order valence-electron chi connectivity index (χ3n) is 3.97. The third kappa shape index (κ3) is 7.00. The quantitative estimate of drug-likeness (QED) is 0.608. The Morgan fingerprint density at radius 3 is 2.44 bits per heavy atom. The van der Waals surface area contributed by atoms with E-state index in [1.54, 1.807) is 32.4 Å². The first-order chi connectivity index (χ1) is 13.0. The lowest BCUT2D eigenvalue weighted by Crippen LogP contribution is -3.10. The number of rotatable bonds is 10. The van der Waals surface area contributed by atoms with Crippen molar-refractivity contribution >= 4 is 23.2 Å². The van der Waals surface area contributed by atoms with Crippen LogP contribution in [0, 0.1) is 0 Å². The number of carbonyl (C=O) groups excluding carboxylic acids is 1. The first-order valence-electron chi connectivity index (χ1n) is 8.73. The van der Waals surface area contributed by atoms with E-state index in [4.69, 9.17) is 25.8 Å². The van der Waals surface area contributed by atoms with E-state index >= 15 is 0 Å². The number of halogens is 1. The highest BCUT2D eigenvalue weighted by molar-refractivity contribution is 6.31. The molecule has 1 unspecified atom stereocenters. The van der Waals surface area contributed by atoms with E-state index in [-0.39, 0.29) is 5.91 Å². The minimum Gasteiger partial charge on any atom is -0.497 e. The van der Waals surface area contributed by atoms with Gasteiger partial charge in [-0.25, -0.2) is 0 Å². The van der Waals surface area contributed by atoms with Crippen molar-refractivity contribution in [3.05, 3.63) is 47.5 Å². The Labute approximate surface area is 165 Å². The molecule has 1 atom stereocenters. The molecule has 0 radical (unpaired) electrons. The van der Waals surface area contributed by atoms with Crippen molar-refractivity contribution in [3.8, 4) is 17.2 Å². The standard InChI is InChI=1S/C20H25ClN2O4/c1-23(11-4-12-27-17-8-6-16(25-2)7-9-17)14-20(24)22-18-13-15(21)5-10-19(18)26-3/h5-10,13H,4,11-12,14H2,1-3H3,(H,22,24)/p+1. The number of methoxy groups -OCH3 is 2. The highest BCUT2D eigenvalue weighted by Gasteiger charge is 2.13. The van der Waals surface area contributed by atoms with E-state index in [1.165, 1.54) is 0 Å². The van der Waals surface area contributed by atoms with Gasteiger partial charge in [0.15, 0.2) is 6.54 Å². The fraction of sp³-hybridized carbons (Fsp3) is 0.350. The van der Waals surface area contributed by atoms with Crippen molar-refractivity contribution in [2.75, 3.05) is 46.3 Å². The number of hydrogen-bond donors (Lipinski definition) is 2. The van der Waals surface area contributed by atoms with Crippen molar-refractivity contribution in [3.63, 3.8) is 0 Å². The maximum Gasteiger partial charge on any atom is 0.279 e. The summed E-state index contributed by atoms with van der Waals surface area (Å²) in [5.41, 5.74) is 0.575. The molecule has 0 fully saturated rings. The molecule has 2 N–H and O–H groups in total. The minimum atomic E-state index is -0.0934. The van der Waals surface area contributed by atoms with Crippen molar-refractivity contribution in [2.45, 2.75) is 6.42 Å². The number of carbonyl (C=O) groups is 1. The second-order valence-electron chi connectivity index (χ2n) is 6.15. The van der Waals surface area contributed by atoms with Gasteiger partial charge in [-0.2, -0.15) is 0 Å². The van der Waals surface area contributed by atoms with E-state index in [9.17, 15) is 4.79 Å². The molecule has 0 bridgehead atoms. The van der Waals surface area contributed by atoms with Crippen LogP contribution in [0.15, 0.2) is 42.5 Å². The first-order valence-corrected chi connectivity index (χ1v) is 9.11. The number of hydrogen-bond acceptors (Lipinski definition) is 4. The largest absolute Gasteiger partial charge is 0.497 e. The van der Waals surface area contributed by atoms with Crippen LogP contribution in [0.25, 0.3) is 0 Å². The zero-order chi connectivity index (χ0) is 19.6. The molecule has 27 heavy (non-hydrogen) atoms. The first kappa shape index (κ1) is 20.9. The summed E-state index contributed by atoms with van der Waals surface area (Å²) in [5, 5.41) is 3.39. The molecule has 0 saturated carbocycles. The van der Waals surface area contributed by atoms with E-state index in [0.29, 0.717) is 29.6 Å². The van der Waals surface area contributed by atoms with Gasteiger partial charge < -0.3 is 24.4 Å². The summed E-state index contributed by atoms with van der Waals surface area (Å²) in [6, 6.07) is 12.6. The lowest BCUT2D eigenvalue weighted by Gasteiger charge is -2.15. The molecule has 0 aliphatic heterocycles. The third-order valence-corrected chi connectivity index (χ3v) is 4.21. The zero-order valence-electron chi connectivity index (χ0n) is 15.9. The molecule has 2 rings (SSSR count). The fourth-order valence-electron chi connectivity index (χ4n) is 2.57. The van der Waals surface area contributed by atoms with Crippen LogP contribution < -0.4 is 24.4 Å². The summed E-state index contributed by atoms with van der Waals surface area (Å²) in [4.78, 5) is 13.3. The lowest BCUT2D eigenvalue weighted by molar-refractivity contribution is -0.871. The summed E-state index contributed by atoms with van der Waals surface area (Å²) in [5.74, 6) is 2.09. The monoisotopic (exact) mass is 393 g/mol. The van der Waals surface area contributed by atoms with Crippen LogP contribution >= 0.6 is 11.6 Å². The SMILES string of the molecule is COc1ccc(OCCC[NH+](C)CC(=O)Nc2cc(Cl)ccc2OC)cc1. The van der Waals surface area contributed by atoms with Crippen LogP contribution in [0.1, 0.15) is 6.42 Å². The van der Waals surface area contributed by atoms with Gasteiger partial charge in [0.1, 0.15) is 17.2 Å². The molecule has 6 nitrogen and oxygen atoms in total. The zero-order valence-corrected chi connectivity index (χ0v) is 16.6. The van der Waals surface area contributed by atoms with Gasteiger partial charge >= 0.3 is 0 Å². The summed E-state index contributed by atoms with van der Waals surface area (Å²) < 4.78 is 16.1. The smallest absolute Gasteiger partial charge is 0.279 e. The summed E-state index contributed by atoms with van der Waals surface area (Å²) in [7, 11) is 5.16. The molecule has 146 valence electrons. The van der Waals surface area contributed by atoms with Crippen LogP contribution in [0.5, 0.6) is 17.2 Å². The molecular weight excluding hydrogens is 368 g/mol. The van der Waals surface area contributed by atoms with Crippen LogP contribution in [-0.2, 0) is 4.79 Å². The summed E-state index contributed by atoms with van der Waals surface area (Å²) in [6.07, 6.45) is 0.839. The molecule has 1 amide bonds. The maximum absolute atomic E-state index is 12.2. The number of likely N-dealkylation sites (N-methyl/N-ethyl adjacent to an activating group) is 1. The van der Waals surface area contributed by atoms with Crippen LogP contribution in [0.4, 0.5) is 5.69 Å². The molecule has 2 aromatic carbocycles.